The molecule has 0 spiro atoms. The Morgan fingerprint density at radius 3 is 1.75 bits per heavy atom. The quantitative estimate of drug-likeness (QED) is 0.322. The van der Waals surface area contributed by atoms with Crippen LogP contribution in [0.2, 0.25) is 0 Å². The summed E-state index contributed by atoms with van der Waals surface area (Å²) in [5.41, 5.74) is 0. The van der Waals surface area contributed by atoms with Crippen LogP contribution in [0.15, 0.2) is 24.0 Å². The van der Waals surface area contributed by atoms with E-state index in [4.69, 9.17) is 10.2 Å². The summed E-state index contributed by atoms with van der Waals surface area (Å²) >= 11 is 0. The molecule has 0 saturated heterocycles. The average molecular weight is 116 g/mol. The predicted octanol–water partition coefficient (Wildman–Crippen LogP) is -1.49. The molecule has 0 aliphatic heterocycles. The molecule has 0 radical (unpaired) electrons. The van der Waals surface area contributed by atoms with E-state index >= 15 is 0 Å². The van der Waals surface area contributed by atoms with Gasteiger partial charge in [-0.1, -0.05) is 6.08 Å². The minimum absolute atomic E-state index is 0.509. The van der Waals surface area contributed by atoms with Crippen molar-refractivity contribution in [3.63, 3.8) is 0 Å². The third-order valence-corrected chi connectivity index (χ3v) is 0.368. The van der Waals surface area contributed by atoms with E-state index in [-0.39, 0.29) is 0 Å². The van der Waals surface area contributed by atoms with Crippen molar-refractivity contribution in [2.24, 2.45) is 0 Å². The van der Waals surface area contributed by atoms with Gasteiger partial charge in [-0.05, 0) is 0 Å². The van der Waals surface area contributed by atoms with Crippen LogP contribution in [0.3, 0.4) is 0 Å². The second kappa shape index (κ2) is 2.79. The molecule has 8 heavy (non-hydrogen) atoms. The third-order valence-electron chi connectivity index (χ3n) is 0.368. The zero-order chi connectivity index (χ0) is 6.57. The summed E-state index contributed by atoms with van der Waals surface area (Å²) < 4.78 is 0. The van der Waals surface area contributed by atoms with E-state index in [0.29, 0.717) is 12.2 Å². The first kappa shape index (κ1) is 6.68. The Kier molecular flexibility index (Phi) is 2.33. The standard InChI is InChI=1S/C4H6O4/c5-3(6)1-2-4(7)8/h1-2,5-8H/p-2. The lowest BCUT2D eigenvalue weighted by Crippen LogP contribution is -2.17. The zero-order valence-electron chi connectivity index (χ0n) is 3.87. The van der Waals surface area contributed by atoms with Crippen LogP contribution >= 0.6 is 0 Å². The Bertz CT molecular complexity index is 100. The van der Waals surface area contributed by atoms with Crippen molar-refractivity contribution < 1.29 is 20.4 Å². The van der Waals surface area contributed by atoms with Crippen molar-refractivity contribution >= 4 is 0 Å². The Balaban J connectivity index is 3.76. The minimum atomic E-state index is -1.47. The average Bonchev–Trinajstić information content (AvgIpc) is 1.61. The molecule has 0 bridgehead atoms. The summed E-state index contributed by atoms with van der Waals surface area (Å²) in [6.07, 6.45) is 1.12. The fourth-order valence-electron chi connectivity index (χ4n) is 0.143. The van der Waals surface area contributed by atoms with Crippen LogP contribution in [0.5, 0.6) is 0 Å². The predicted molar refractivity (Wildman–Crippen MR) is 21.4 cm³/mol. The summed E-state index contributed by atoms with van der Waals surface area (Å²) in [6, 6.07) is 0. The zero-order valence-corrected chi connectivity index (χ0v) is 3.87. The Labute approximate surface area is 45.6 Å². The summed E-state index contributed by atoms with van der Waals surface area (Å²) in [7, 11) is 0. The van der Waals surface area contributed by atoms with E-state index in [1.54, 1.807) is 0 Å². The Morgan fingerprint density at radius 2 is 1.62 bits per heavy atom. The second-order valence-corrected chi connectivity index (χ2v) is 1.01. The molecule has 4 heteroatoms. The van der Waals surface area contributed by atoms with Gasteiger partial charge in [0.1, 0.15) is 0 Å². The molecule has 0 fully saturated rings. The maximum atomic E-state index is 9.47. The van der Waals surface area contributed by atoms with Gasteiger partial charge in [0.05, 0.1) is 0 Å². The molecule has 0 heterocycles. The van der Waals surface area contributed by atoms with Crippen LogP contribution in [0.25, 0.3) is 0 Å². The van der Waals surface area contributed by atoms with Gasteiger partial charge in [-0.3, -0.25) is 0 Å². The van der Waals surface area contributed by atoms with Gasteiger partial charge in [0, 0.05) is 6.08 Å². The van der Waals surface area contributed by atoms with Crippen LogP contribution in [0.1, 0.15) is 0 Å². The molecule has 2 N–H and O–H groups in total. The lowest BCUT2D eigenvalue weighted by molar-refractivity contribution is -0.513. The molecule has 0 unspecified atom stereocenters. The molecular formula is C4H4O4-2. The first-order valence-corrected chi connectivity index (χ1v) is 1.77. The molecule has 0 saturated carbocycles. The van der Waals surface area contributed by atoms with Crippen molar-refractivity contribution in [1.29, 1.82) is 0 Å². The van der Waals surface area contributed by atoms with E-state index in [1.807, 2.05) is 0 Å². The van der Waals surface area contributed by atoms with Crippen molar-refractivity contribution in [3.05, 3.63) is 24.0 Å². The molecule has 4 nitrogen and oxygen atoms in total. The summed E-state index contributed by atoms with van der Waals surface area (Å²) in [4.78, 5) is 0. The number of rotatable bonds is 1. The molecular weight excluding hydrogens is 112 g/mol. The van der Waals surface area contributed by atoms with Crippen molar-refractivity contribution in [2.75, 3.05) is 0 Å². The van der Waals surface area contributed by atoms with E-state index in [9.17, 15) is 10.2 Å². The molecule has 0 aliphatic rings. The molecule has 0 rings (SSSR count). The number of allylic oxidation sites excluding steroid dienone is 2. The highest BCUT2D eigenvalue weighted by Gasteiger charge is 1.71. The maximum absolute atomic E-state index is 9.47. The first-order chi connectivity index (χ1) is 3.63. The lowest BCUT2D eigenvalue weighted by Gasteiger charge is -2.14. The van der Waals surface area contributed by atoms with Crippen molar-refractivity contribution in [2.45, 2.75) is 0 Å². The fourth-order valence-corrected chi connectivity index (χ4v) is 0.143. The van der Waals surface area contributed by atoms with Gasteiger partial charge in [0.2, 0.25) is 0 Å². The van der Waals surface area contributed by atoms with Crippen LogP contribution in [0, 0.1) is 0 Å². The first-order valence-electron chi connectivity index (χ1n) is 1.77. The summed E-state index contributed by atoms with van der Waals surface area (Å²) in [5, 5.41) is 34.7. The number of aliphatic hydroxyl groups excluding tert-OH is 1. The Hall–Kier alpha value is -1.32. The second-order valence-electron chi connectivity index (χ2n) is 1.01. The molecule has 0 aromatic rings. The fraction of sp³-hybridized carbons (Fsp3) is 0. The van der Waals surface area contributed by atoms with Gasteiger partial charge in [0.15, 0.2) is 0 Å². The van der Waals surface area contributed by atoms with Gasteiger partial charge in [0.25, 0.3) is 5.95 Å². The van der Waals surface area contributed by atoms with E-state index < -0.39 is 11.9 Å². The Morgan fingerprint density at radius 1 is 1.12 bits per heavy atom. The summed E-state index contributed by atoms with van der Waals surface area (Å²) in [6.45, 7) is 0. The van der Waals surface area contributed by atoms with Gasteiger partial charge in [-0.15, -0.1) is 0 Å². The van der Waals surface area contributed by atoms with Gasteiger partial charge in [-0.2, -0.15) is 0 Å². The molecule has 46 valence electrons. The van der Waals surface area contributed by atoms with Crippen LogP contribution in [-0.4, -0.2) is 10.2 Å². The van der Waals surface area contributed by atoms with E-state index in [2.05, 4.69) is 0 Å². The normalized spacial score (nSPS) is 7.50. The SMILES string of the molecule is [O-]C([O-])=CC=C(O)O. The van der Waals surface area contributed by atoms with Crippen molar-refractivity contribution in [1.82, 2.24) is 0 Å². The highest BCUT2D eigenvalue weighted by Crippen LogP contribution is 1.79. The monoisotopic (exact) mass is 116 g/mol. The smallest absolute Gasteiger partial charge is 0.273 e. The highest BCUT2D eigenvalue weighted by atomic mass is 16.5. The van der Waals surface area contributed by atoms with Crippen LogP contribution in [-0.2, 0) is 0 Å². The third kappa shape index (κ3) is 4.68. The highest BCUT2D eigenvalue weighted by molar-refractivity contribution is 5.00. The number of hydrogen-bond donors (Lipinski definition) is 2. The van der Waals surface area contributed by atoms with Crippen LogP contribution in [0.4, 0.5) is 0 Å². The summed E-state index contributed by atoms with van der Waals surface area (Å²) in [5.74, 6) is -2.51. The van der Waals surface area contributed by atoms with E-state index in [1.165, 1.54) is 0 Å². The van der Waals surface area contributed by atoms with Gasteiger partial charge in [-0.25, -0.2) is 5.95 Å². The van der Waals surface area contributed by atoms with Gasteiger partial charge < -0.3 is 20.4 Å². The molecule has 0 aromatic carbocycles. The topological polar surface area (TPSA) is 86.6 Å². The van der Waals surface area contributed by atoms with E-state index in [0.717, 1.165) is 0 Å². The number of aliphatic hydroxyl groups is 2. The van der Waals surface area contributed by atoms with Crippen molar-refractivity contribution in [3.8, 4) is 0 Å². The van der Waals surface area contributed by atoms with Gasteiger partial charge >= 0.3 is 0 Å². The molecule has 0 aliphatic carbocycles. The molecule has 0 aromatic heterocycles. The van der Waals surface area contributed by atoms with Crippen LogP contribution < -0.4 is 10.2 Å². The molecule has 0 amide bonds. The molecule has 0 atom stereocenters. The lowest BCUT2D eigenvalue weighted by atomic mass is 10.6. The largest absolute Gasteiger partial charge is 0.884 e. The minimum Gasteiger partial charge on any atom is -0.884 e. The number of hydrogen-bond acceptors (Lipinski definition) is 4. The maximum Gasteiger partial charge on any atom is 0.273 e.